The highest BCUT2D eigenvalue weighted by Gasteiger charge is 2.48. The van der Waals surface area contributed by atoms with E-state index in [1.807, 2.05) is 36.4 Å². The first-order valence-electron chi connectivity index (χ1n) is 12.8. The minimum Gasteiger partial charge on any atom is -0.459 e. The Bertz CT molecular complexity index is 1230. The zero-order chi connectivity index (χ0) is 27.3. The van der Waals surface area contributed by atoms with Crippen LogP contribution in [0.5, 0.6) is 0 Å². The van der Waals surface area contributed by atoms with E-state index in [2.05, 4.69) is 50.0 Å². The molecule has 0 aliphatic carbocycles. The summed E-state index contributed by atoms with van der Waals surface area (Å²) in [5, 5.41) is 0. The molecule has 202 valence electrons. The summed E-state index contributed by atoms with van der Waals surface area (Å²) in [6, 6.07) is 21.6. The summed E-state index contributed by atoms with van der Waals surface area (Å²) in [6.45, 7) is 6.67. The van der Waals surface area contributed by atoms with Crippen molar-refractivity contribution in [2.24, 2.45) is 11.1 Å². The van der Waals surface area contributed by atoms with E-state index in [0.717, 1.165) is 11.1 Å². The minimum absolute atomic E-state index is 0.0814. The summed E-state index contributed by atoms with van der Waals surface area (Å²) in [7, 11) is 0. The molecule has 9 heteroatoms. The molecule has 38 heavy (non-hydrogen) atoms. The second-order valence-electron chi connectivity index (χ2n) is 10.4. The van der Waals surface area contributed by atoms with Gasteiger partial charge in [-0.05, 0) is 22.6 Å². The molecule has 3 atom stereocenters. The SMILES string of the molecule is CC(C)(C)C(OC[C@H]1O[C@@H](n2ccc(N)nc2=O)C[C@H]1OC(=O)CCN)(c1ccccc1)c1ccccc1. The van der Waals surface area contributed by atoms with Gasteiger partial charge in [-0.25, -0.2) is 4.79 Å². The van der Waals surface area contributed by atoms with Crippen molar-refractivity contribution >= 4 is 11.8 Å². The first kappa shape index (κ1) is 27.5. The number of carbonyl (C=O) groups excluding carboxylic acids is 1. The molecular weight excluding hydrogens is 484 g/mol. The van der Waals surface area contributed by atoms with Crippen molar-refractivity contribution in [3.63, 3.8) is 0 Å². The molecule has 2 aromatic carbocycles. The number of rotatable bonds is 9. The van der Waals surface area contributed by atoms with Crippen LogP contribution in [0.3, 0.4) is 0 Å². The molecule has 4 N–H and O–H groups in total. The summed E-state index contributed by atoms with van der Waals surface area (Å²) in [5.74, 6) is -0.307. The predicted molar refractivity (Wildman–Crippen MR) is 144 cm³/mol. The molecule has 3 aromatic rings. The zero-order valence-corrected chi connectivity index (χ0v) is 22.1. The van der Waals surface area contributed by atoms with Crippen molar-refractivity contribution in [3.8, 4) is 0 Å². The maximum Gasteiger partial charge on any atom is 0.351 e. The van der Waals surface area contributed by atoms with Gasteiger partial charge in [0.25, 0.3) is 0 Å². The number of aromatic nitrogens is 2. The molecule has 0 bridgehead atoms. The fourth-order valence-corrected chi connectivity index (χ4v) is 5.10. The van der Waals surface area contributed by atoms with Crippen LogP contribution in [0, 0.1) is 5.41 Å². The number of nitrogens with zero attached hydrogens (tertiary/aromatic N) is 2. The van der Waals surface area contributed by atoms with Gasteiger partial charge in [0.2, 0.25) is 0 Å². The van der Waals surface area contributed by atoms with E-state index in [4.69, 9.17) is 25.7 Å². The molecule has 2 heterocycles. The molecule has 1 saturated heterocycles. The smallest absolute Gasteiger partial charge is 0.351 e. The number of anilines is 1. The van der Waals surface area contributed by atoms with E-state index in [1.54, 1.807) is 0 Å². The molecule has 1 aliphatic rings. The van der Waals surface area contributed by atoms with E-state index in [0.29, 0.717) is 0 Å². The predicted octanol–water partition coefficient (Wildman–Crippen LogP) is 3.38. The molecule has 0 unspecified atom stereocenters. The number of nitrogens with two attached hydrogens (primary N) is 2. The summed E-state index contributed by atoms with van der Waals surface area (Å²) in [5.41, 5.74) is 11.4. The number of hydrogen-bond acceptors (Lipinski definition) is 8. The van der Waals surface area contributed by atoms with Gasteiger partial charge in [0.1, 0.15) is 29.9 Å². The van der Waals surface area contributed by atoms with Crippen molar-refractivity contribution in [2.45, 2.75) is 57.6 Å². The lowest BCUT2D eigenvalue weighted by atomic mass is 9.68. The van der Waals surface area contributed by atoms with Gasteiger partial charge in [0.15, 0.2) is 0 Å². The Morgan fingerprint density at radius 2 is 1.66 bits per heavy atom. The van der Waals surface area contributed by atoms with E-state index < -0.39 is 35.7 Å². The maximum absolute atomic E-state index is 12.5. The first-order chi connectivity index (χ1) is 18.2. The average molecular weight is 521 g/mol. The van der Waals surface area contributed by atoms with E-state index in [-0.39, 0.29) is 37.2 Å². The van der Waals surface area contributed by atoms with Crippen LogP contribution in [0.25, 0.3) is 0 Å². The van der Waals surface area contributed by atoms with Crippen LogP contribution in [0.1, 0.15) is 51.0 Å². The number of ether oxygens (including phenoxy) is 3. The molecule has 9 nitrogen and oxygen atoms in total. The summed E-state index contributed by atoms with van der Waals surface area (Å²) in [4.78, 5) is 28.7. The second kappa shape index (κ2) is 11.5. The second-order valence-corrected chi connectivity index (χ2v) is 10.4. The topological polar surface area (TPSA) is 132 Å². The van der Waals surface area contributed by atoms with Crippen LogP contribution in [-0.4, -0.2) is 40.9 Å². The Labute approximate surface area is 222 Å². The minimum atomic E-state index is -0.845. The lowest BCUT2D eigenvalue weighted by Gasteiger charge is -2.46. The van der Waals surface area contributed by atoms with Crippen molar-refractivity contribution in [1.82, 2.24) is 9.55 Å². The third-order valence-corrected chi connectivity index (χ3v) is 6.85. The normalized spacial score (nSPS) is 19.8. The van der Waals surface area contributed by atoms with Gasteiger partial charge >= 0.3 is 11.7 Å². The first-order valence-corrected chi connectivity index (χ1v) is 12.8. The largest absolute Gasteiger partial charge is 0.459 e. The van der Waals surface area contributed by atoms with Crippen LogP contribution in [-0.2, 0) is 24.6 Å². The summed E-state index contributed by atoms with van der Waals surface area (Å²) < 4.78 is 20.3. The highest BCUT2D eigenvalue weighted by atomic mass is 16.6. The molecule has 1 aliphatic heterocycles. The Morgan fingerprint density at radius 3 is 2.18 bits per heavy atom. The highest BCUT2D eigenvalue weighted by Crippen LogP contribution is 2.48. The van der Waals surface area contributed by atoms with Gasteiger partial charge in [0.05, 0.1) is 13.0 Å². The van der Waals surface area contributed by atoms with Crippen LogP contribution in [0.15, 0.2) is 77.7 Å². The lowest BCUT2D eigenvalue weighted by Crippen LogP contribution is -2.46. The van der Waals surface area contributed by atoms with Crippen LogP contribution >= 0.6 is 0 Å². The van der Waals surface area contributed by atoms with Gasteiger partial charge in [-0.15, -0.1) is 0 Å². The quantitative estimate of drug-likeness (QED) is 0.411. The molecular formula is C29H36N4O5. The third kappa shape index (κ3) is 5.65. The standard InChI is InChI=1S/C29H36N4O5/c1-28(2,3)29(20-10-6-4-7-11-20,21-12-8-5-9-13-21)36-19-23-22(38-26(34)14-16-30)18-25(37-23)33-17-15-24(31)32-27(33)35/h4-13,15,17,22-23,25H,14,16,18-19,30H2,1-3H3,(H2,31,32,35)/t22-,23-,25-/m1/s1. The number of nitrogen functional groups attached to an aromatic ring is 1. The van der Waals surface area contributed by atoms with Gasteiger partial charge in [0, 0.05) is 19.2 Å². The molecule has 4 rings (SSSR count). The monoisotopic (exact) mass is 520 g/mol. The van der Waals surface area contributed by atoms with Gasteiger partial charge in [-0.3, -0.25) is 9.36 Å². The van der Waals surface area contributed by atoms with E-state index >= 15 is 0 Å². The number of carbonyl (C=O) groups is 1. The summed E-state index contributed by atoms with van der Waals surface area (Å²) in [6.07, 6.45) is -0.108. The fraction of sp³-hybridized carbons (Fsp3) is 0.414. The van der Waals surface area contributed by atoms with E-state index in [1.165, 1.54) is 16.8 Å². The third-order valence-electron chi connectivity index (χ3n) is 6.85. The number of esters is 1. The van der Waals surface area contributed by atoms with Crippen molar-refractivity contribution < 1.29 is 19.0 Å². The van der Waals surface area contributed by atoms with Crippen LogP contribution in [0.4, 0.5) is 5.82 Å². The Balaban J connectivity index is 1.69. The van der Waals surface area contributed by atoms with E-state index in [9.17, 15) is 9.59 Å². The van der Waals surface area contributed by atoms with Crippen LogP contribution < -0.4 is 17.2 Å². The Kier molecular flexibility index (Phi) is 8.30. The Morgan fingerprint density at radius 1 is 1.05 bits per heavy atom. The average Bonchev–Trinajstić information content (AvgIpc) is 3.27. The Hall–Kier alpha value is -3.53. The highest BCUT2D eigenvalue weighted by molar-refractivity contribution is 5.69. The molecule has 0 saturated carbocycles. The van der Waals surface area contributed by atoms with Gasteiger partial charge in [-0.1, -0.05) is 81.4 Å². The fourth-order valence-electron chi connectivity index (χ4n) is 5.10. The summed E-state index contributed by atoms with van der Waals surface area (Å²) >= 11 is 0. The maximum atomic E-state index is 12.5. The molecule has 1 aromatic heterocycles. The van der Waals surface area contributed by atoms with Gasteiger partial charge in [-0.2, -0.15) is 4.98 Å². The molecule has 0 spiro atoms. The van der Waals surface area contributed by atoms with Crippen molar-refractivity contribution in [2.75, 3.05) is 18.9 Å². The molecule has 0 amide bonds. The van der Waals surface area contributed by atoms with Crippen molar-refractivity contribution in [1.29, 1.82) is 0 Å². The van der Waals surface area contributed by atoms with Crippen molar-refractivity contribution in [3.05, 3.63) is 94.5 Å². The number of benzene rings is 2. The molecule has 1 fully saturated rings. The molecule has 0 radical (unpaired) electrons. The van der Waals surface area contributed by atoms with Gasteiger partial charge < -0.3 is 25.7 Å². The zero-order valence-electron chi connectivity index (χ0n) is 22.1. The lowest BCUT2D eigenvalue weighted by molar-refractivity contribution is -0.163. The van der Waals surface area contributed by atoms with Crippen LogP contribution in [0.2, 0.25) is 0 Å². The number of hydrogen-bond donors (Lipinski definition) is 2.